The highest BCUT2D eigenvalue weighted by atomic mass is 19.1. The number of esters is 1. The summed E-state index contributed by atoms with van der Waals surface area (Å²) in [6, 6.07) is 12.8. The molecule has 138 valence electrons. The number of para-hydroxylation sites is 1. The number of halogens is 1. The molecule has 0 spiro atoms. The quantitative estimate of drug-likeness (QED) is 0.730. The maximum Gasteiger partial charge on any atom is 0.306 e. The molecule has 0 aromatic heterocycles. The van der Waals surface area contributed by atoms with Gasteiger partial charge in [0, 0.05) is 12.1 Å². The summed E-state index contributed by atoms with van der Waals surface area (Å²) in [5.74, 6) is -0.600. The fourth-order valence-electron chi connectivity index (χ4n) is 2.33. The molecule has 2 aromatic rings. The fraction of sp³-hybridized carbons (Fsp3) is 0.300. The molecule has 6 heteroatoms. The Bertz CT molecular complexity index is 746. The number of anilines is 1. The minimum Gasteiger partial charge on any atom is -0.494 e. The first-order valence-corrected chi connectivity index (χ1v) is 8.46. The van der Waals surface area contributed by atoms with Crippen LogP contribution in [0.4, 0.5) is 10.1 Å². The summed E-state index contributed by atoms with van der Waals surface area (Å²) in [6.07, 6.45) is -0.353. The van der Waals surface area contributed by atoms with E-state index in [0.29, 0.717) is 18.7 Å². The van der Waals surface area contributed by atoms with Crippen LogP contribution in [0.3, 0.4) is 0 Å². The van der Waals surface area contributed by atoms with Crippen LogP contribution in [0.1, 0.15) is 25.8 Å². The van der Waals surface area contributed by atoms with E-state index in [9.17, 15) is 14.0 Å². The van der Waals surface area contributed by atoms with Crippen LogP contribution in [0.15, 0.2) is 48.5 Å². The molecule has 0 saturated carbocycles. The van der Waals surface area contributed by atoms with Crippen molar-refractivity contribution in [2.24, 2.45) is 0 Å². The average Bonchev–Trinajstić information content (AvgIpc) is 2.63. The van der Waals surface area contributed by atoms with Crippen molar-refractivity contribution in [2.45, 2.75) is 32.8 Å². The van der Waals surface area contributed by atoms with E-state index in [-0.39, 0.29) is 6.42 Å². The van der Waals surface area contributed by atoms with Crippen LogP contribution >= 0.6 is 0 Å². The Kier molecular flexibility index (Phi) is 7.14. The van der Waals surface area contributed by atoms with Crippen LogP contribution in [-0.2, 0) is 20.7 Å². The number of ether oxygens (including phenoxy) is 2. The summed E-state index contributed by atoms with van der Waals surface area (Å²) in [7, 11) is 0. The zero-order valence-corrected chi connectivity index (χ0v) is 14.8. The first-order valence-electron chi connectivity index (χ1n) is 8.46. The Hall–Kier alpha value is -2.89. The lowest BCUT2D eigenvalue weighted by molar-refractivity contribution is -0.153. The van der Waals surface area contributed by atoms with E-state index >= 15 is 0 Å². The molecule has 0 aliphatic rings. The van der Waals surface area contributed by atoms with Crippen molar-refractivity contribution in [1.29, 1.82) is 0 Å². The van der Waals surface area contributed by atoms with Gasteiger partial charge in [0.15, 0.2) is 6.10 Å². The maximum absolute atomic E-state index is 12.9. The highest BCUT2D eigenvalue weighted by Gasteiger charge is 2.18. The van der Waals surface area contributed by atoms with Crippen molar-refractivity contribution < 1.29 is 23.5 Å². The molecule has 2 aromatic carbocycles. The third-order valence-corrected chi connectivity index (χ3v) is 3.66. The molecule has 0 saturated heterocycles. The topological polar surface area (TPSA) is 64.6 Å². The Morgan fingerprint density at radius 2 is 1.81 bits per heavy atom. The molecule has 26 heavy (non-hydrogen) atoms. The number of amides is 1. The minimum atomic E-state index is -0.949. The molecule has 1 atom stereocenters. The SMILES string of the molecule is CCOc1ccccc1CCC(=O)O[C@H](C)C(=O)Nc1ccc(F)cc1. The minimum absolute atomic E-state index is 0.137. The van der Waals surface area contributed by atoms with Crippen molar-refractivity contribution in [3.8, 4) is 5.75 Å². The van der Waals surface area contributed by atoms with Crippen LogP contribution < -0.4 is 10.1 Å². The zero-order chi connectivity index (χ0) is 18.9. The summed E-state index contributed by atoms with van der Waals surface area (Å²) in [6.45, 7) is 3.93. The monoisotopic (exact) mass is 359 g/mol. The third-order valence-electron chi connectivity index (χ3n) is 3.66. The average molecular weight is 359 g/mol. The molecule has 0 aliphatic heterocycles. The number of benzene rings is 2. The number of hydrogen-bond acceptors (Lipinski definition) is 4. The van der Waals surface area contributed by atoms with Crippen molar-refractivity contribution in [3.63, 3.8) is 0 Å². The summed E-state index contributed by atoms with van der Waals surface area (Å²) in [5.41, 5.74) is 1.35. The molecule has 0 bridgehead atoms. The molecule has 0 fully saturated rings. The molecule has 5 nitrogen and oxygen atoms in total. The molecular formula is C20H22FNO4. The van der Waals surface area contributed by atoms with Gasteiger partial charge in [-0.15, -0.1) is 0 Å². The lowest BCUT2D eigenvalue weighted by Crippen LogP contribution is -2.30. The van der Waals surface area contributed by atoms with E-state index in [2.05, 4.69) is 5.32 Å². The molecule has 0 radical (unpaired) electrons. The lowest BCUT2D eigenvalue weighted by Gasteiger charge is -2.14. The largest absolute Gasteiger partial charge is 0.494 e. The number of carbonyl (C=O) groups is 2. The van der Waals surface area contributed by atoms with Gasteiger partial charge in [-0.3, -0.25) is 9.59 Å². The molecule has 0 unspecified atom stereocenters. The number of aryl methyl sites for hydroxylation is 1. The summed E-state index contributed by atoms with van der Waals surface area (Å²) < 4.78 is 23.5. The Morgan fingerprint density at radius 3 is 2.50 bits per heavy atom. The van der Waals surface area contributed by atoms with E-state index in [4.69, 9.17) is 9.47 Å². The summed E-state index contributed by atoms with van der Waals surface area (Å²) in [4.78, 5) is 24.0. The van der Waals surface area contributed by atoms with Crippen molar-refractivity contribution >= 4 is 17.6 Å². The van der Waals surface area contributed by atoms with Gasteiger partial charge in [-0.2, -0.15) is 0 Å². The Morgan fingerprint density at radius 1 is 1.12 bits per heavy atom. The Balaban J connectivity index is 1.83. The van der Waals surface area contributed by atoms with Crippen molar-refractivity contribution in [1.82, 2.24) is 0 Å². The standard InChI is InChI=1S/C20H22FNO4/c1-3-25-18-7-5-4-6-15(18)8-13-19(23)26-14(2)20(24)22-17-11-9-16(21)10-12-17/h4-7,9-12,14H,3,8,13H2,1-2H3,(H,22,24)/t14-/m1/s1. The predicted molar refractivity (Wildman–Crippen MR) is 96.5 cm³/mol. The first kappa shape index (κ1) is 19.4. The van der Waals surface area contributed by atoms with E-state index in [1.165, 1.54) is 31.2 Å². The lowest BCUT2D eigenvalue weighted by atomic mass is 10.1. The molecular weight excluding hydrogens is 337 g/mol. The highest BCUT2D eigenvalue weighted by molar-refractivity contribution is 5.95. The predicted octanol–water partition coefficient (Wildman–Crippen LogP) is 3.73. The highest BCUT2D eigenvalue weighted by Crippen LogP contribution is 2.20. The van der Waals surface area contributed by atoms with Gasteiger partial charge in [0.2, 0.25) is 0 Å². The van der Waals surface area contributed by atoms with Crippen LogP contribution in [0.2, 0.25) is 0 Å². The zero-order valence-electron chi connectivity index (χ0n) is 14.8. The maximum atomic E-state index is 12.9. The van der Waals surface area contributed by atoms with Gasteiger partial charge in [0.25, 0.3) is 5.91 Å². The number of hydrogen-bond donors (Lipinski definition) is 1. The molecule has 0 heterocycles. The second kappa shape index (κ2) is 9.56. The van der Waals surface area contributed by atoms with Crippen LogP contribution in [-0.4, -0.2) is 24.6 Å². The Labute approximate surface area is 152 Å². The number of carbonyl (C=O) groups excluding carboxylic acids is 2. The first-order chi connectivity index (χ1) is 12.5. The fourth-order valence-corrected chi connectivity index (χ4v) is 2.33. The molecule has 1 amide bonds. The van der Waals surface area contributed by atoms with Gasteiger partial charge >= 0.3 is 5.97 Å². The third kappa shape index (κ3) is 5.88. The van der Waals surface area contributed by atoms with E-state index in [1.807, 2.05) is 31.2 Å². The molecule has 1 N–H and O–H groups in total. The van der Waals surface area contributed by atoms with Gasteiger partial charge in [0.05, 0.1) is 6.61 Å². The van der Waals surface area contributed by atoms with Crippen molar-refractivity contribution in [2.75, 3.05) is 11.9 Å². The molecule has 2 rings (SSSR count). The smallest absolute Gasteiger partial charge is 0.306 e. The van der Waals surface area contributed by atoms with Gasteiger partial charge in [-0.05, 0) is 56.2 Å². The van der Waals surface area contributed by atoms with Gasteiger partial charge in [-0.25, -0.2) is 4.39 Å². The summed E-state index contributed by atoms with van der Waals surface area (Å²) >= 11 is 0. The van der Waals surface area contributed by atoms with Crippen molar-refractivity contribution in [3.05, 3.63) is 59.9 Å². The van der Waals surface area contributed by atoms with Gasteiger partial charge < -0.3 is 14.8 Å². The van der Waals surface area contributed by atoms with E-state index in [1.54, 1.807) is 0 Å². The second-order valence-corrected chi connectivity index (χ2v) is 5.67. The van der Waals surface area contributed by atoms with Crippen LogP contribution in [0, 0.1) is 5.82 Å². The second-order valence-electron chi connectivity index (χ2n) is 5.67. The van der Waals surface area contributed by atoms with E-state index < -0.39 is 23.8 Å². The van der Waals surface area contributed by atoms with Gasteiger partial charge in [0.1, 0.15) is 11.6 Å². The normalized spacial score (nSPS) is 11.5. The van der Waals surface area contributed by atoms with Gasteiger partial charge in [-0.1, -0.05) is 18.2 Å². The van der Waals surface area contributed by atoms with Crippen LogP contribution in [0.5, 0.6) is 5.75 Å². The molecule has 0 aliphatic carbocycles. The summed E-state index contributed by atoms with van der Waals surface area (Å²) in [5, 5.41) is 2.57. The number of nitrogens with one attached hydrogen (secondary N) is 1. The number of rotatable bonds is 8. The van der Waals surface area contributed by atoms with Crippen LogP contribution in [0.25, 0.3) is 0 Å². The van der Waals surface area contributed by atoms with E-state index in [0.717, 1.165) is 11.3 Å².